The molecule has 2 rings (SSSR count). The third-order valence-electron chi connectivity index (χ3n) is 2.88. The van der Waals surface area contributed by atoms with Crippen LogP contribution in [0.2, 0.25) is 0 Å². The first kappa shape index (κ1) is 13.1. The fourth-order valence-electron chi connectivity index (χ4n) is 2.00. The molecule has 94 valence electrons. The Hall–Kier alpha value is -0.390. The molecule has 0 spiro atoms. The SMILES string of the molecule is O=C(CCc1cc(Br)cs1)NC1CCCNC1. The molecule has 0 aromatic carbocycles. The first-order chi connectivity index (χ1) is 8.24. The van der Waals surface area contributed by atoms with Crippen molar-refractivity contribution in [1.29, 1.82) is 0 Å². The van der Waals surface area contributed by atoms with Crippen LogP contribution >= 0.6 is 27.3 Å². The lowest BCUT2D eigenvalue weighted by molar-refractivity contribution is -0.121. The van der Waals surface area contributed by atoms with Gasteiger partial charge in [0.1, 0.15) is 0 Å². The second-order valence-corrected chi connectivity index (χ2v) is 6.25. The maximum absolute atomic E-state index is 11.7. The van der Waals surface area contributed by atoms with Gasteiger partial charge in [-0.15, -0.1) is 11.3 Å². The van der Waals surface area contributed by atoms with Gasteiger partial charge in [-0.25, -0.2) is 0 Å². The quantitative estimate of drug-likeness (QED) is 0.895. The summed E-state index contributed by atoms with van der Waals surface area (Å²) < 4.78 is 1.11. The van der Waals surface area contributed by atoms with Crippen molar-refractivity contribution in [2.45, 2.75) is 31.7 Å². The number of hydrogen-bond acceptors (Lipinski definition) is 3. The van der Waals surface area contributed by atoms with Crippen LogP contribution in [-0.2, 0) is 11.2 Å². The number of hydrogen-bond donors (Lipinski definition) is 2. The van der Waals surface area contributed by atoms with E-state index in [0.717, 1.165) is 36.8 Å². The van der Waals surface area contributed by atoms with E-state index in [-0.39, 0.29) is 5.91 Å². The van der Waals surface area contributed by atoms with Crippen molar-refractivity contribution in [2.24, 2.45) is 0 Å². The molecule has 1 atom stereocenters. The molecular formula is C12H17BrN2OS. The predicted octanol–water partition coefficient (Wildman–Crippen LogP) is 2.31. The summed E-state index contributed by atoms with van der Waals surface area (Å²) in [6, 6.07) is 2.41. The third-order valence-corrected chi connectivity index (χ3v) is 4.64. The standard InChI is InChI=1S/C12H17BrN2OS/c13-9-6-11(17-8-9)3-4-12(16)15-10-2-1-5-14-7-10/h6,8,10,14H,1-5,7H2,(H,15,16). The molecule has 0 bridgehead atoms. The molecule has 1 aromatic rings. The van der Waals surface area contributed by atoms with Crippen LogP contribution in [0, 0.1) is 0 Å². The smallest absolute Gasteiger partial charge is 0.220 e. The molecular weight excluding hydrogens is 300 g/mol. The fraction of sp³-hybridized carbons (Fsp3) is 0.583. The number of nitrogens with one attached hydrogen (secondary N) is 2. The molecule has 17 heavy (non-hydrogen) atoms. The third kappa shape index (κ3) is 4.41. The number of rotatable bonds is 4. The molecule has 0 radical (unpaired) electrons. The van der Waals surface area contributed by atoms with Gasteiger partial charge in [0.05, 0.1) is 0 Å². The fourth-order valence-corrected chi connectivity index (χ4v) is 3.45. The minimum Gasteiger partial charge on any atom is -0.352 e. The number of halogens is 1. The number of amides is 1. The Kier molecular flexibility index (Phi) is 5.00. The zero-order valence-corrected chi connectivity index (χ0v) is 12.1. The molecule has 0 saturated carbocycles. The molecule has 3 nitrogen and oxygen atoms in total. The van der Waals surface area contributed by atoms with Crippen LogP contribution in [-0.4, -0.2) is 25.0 Å². The Labute approximate surface area is 114 Å². The predicted molar refractivity (Wildman–Crippen MR) is 74.4 cm³/mol. The van der Waals surface area contributed by atoms with Crippen LogP contribution in [0.1, 0.15) is 24.1 Å². The molecule has 1 saturated heterocycles. The Morgan fingerprint density at radius 2 is 2.53 bits per heavy atom. The first-order valence-corrected chi connectivity index (χ1v) is 7.64. The van der Waals surface area contributed by atoms with E-state index in [1.165, 1.54) is 4.88 Å². The summed E-state index contributed by atoms with van der Waals surface area (Å²) in [6.07, 6.45) is 3.68. The van der Waals surface area contributed by atoms with Gasteiger partial charge in [-0.2, -0.15) is 0 Å². The van der Waals surface area contributed by atoms with Gasteiger partial charge in [-0.3, -0.25) is 4.79 Å². The highest BCUT2D eigenvalue weighted by molar-refractivity contribution is 9.10. The van der Waals surface area contributed by atoms with E-state index in [2.05, 4.69) is 38.0 Å². The number of carbonyl (C=O) groups excluding carboxylic acids is 1. The lowest BCUT2D eigenvalue weighted by Gasteiger charge is -2.23. The summed E-state index contributed by atoms with van der Waals surface area (Å²) in [5.74, 6) is 0.170. The zero-order chi connectivity index (χ0) is 12.1. The molecule has 1 aromatic heterocycles. The molecule has 1 fully saturated rings. The van der Waals surface area contributed by atoms with Crippen molar-refractivity contribution in [1.82, 2.24) is 10.6 Å². The van der Waals surface area contributed by atoms with Crippen LogP contribution in [0.5, 0.6) is 0 Å². The maximum Gasteiger partial charge on any atom is 0.220 e. The van der Waals surface area contributed by atoms with Gasteiger partial charge in [0.15, 0.2) is 0 Å². The van der Waals surface area contributed by atoms with Crippen LogP contribution in [0.25, 0.3) is 0 Å². The Morgan fingerprint density at radius 1 is 1.65 bits per heavy atom. The van der Waals surface area contributed by atoms with E-state index in [0.29, 0.717) is 12.5 Å². The summed E-state index contributed by atoms with van der Waals surface area (Å²) in [6.45, 7) is 1.99. The summed E-state index contributed by atoms with van der Waals surface area (Å²) in [5.41, 5.74) is 0. The molecule has 0 aliphatic carbocycles. The van der Waals surface area contributed by atoms with Crippen molar-refractivity contribution in [2.75, 3.05) is 13.1 Å². The van der Waals surface area contributed by atoms with Crippen molar-refractivity contribution in [3.05, 3.63) is 20.8 Å². The van der Waals surface area contributed by atoms with Crippen LogP contribution < -0.4 is 10.6 Å². The summed E-state index contributed by atoms with van der Waals surface area (Å²) >= 11 is 5.12. The van der Waals surface area contributed by atoms with E-state index >= 15 is 0 Å². The summed E-state index contributed by atoms with van der Waals surface area (Å²) in [7, 11) is 0. The lowest BCUT2D eigenvalue weighted by Crippen LogP contribution is -2.45. The van der Waals surface area contributed by atoms with Gasteiger partial charge in [0.2, 0.25) is 5.91 Å². The number of aryl methyl sites for hydroxylation is 1. The van der Waals surface area contributed by atoms with Crippen LogP contribution in [0.15, 0.2) is 15.9 Å². The highest BCUT2D eigenvalue weighted by Crippen LogP contribution is 2.20. The summed E-state index contributed by atoms with van der Waals surface area (Å²) in [5, 5.41) is 8.44. The van der Waals surface area contributed by atoms with Gasteiger partial charge in [-0.1, -0.05) is 0 Å². The second-order valence-electron chi connectivity index (χ2n) is 4.34. The Morgan fingerprint density at radius 3 is 3.18 bits per heavy atom. The topological polar surface area (TPSA) is 41.1 Å². The number of piperidine rings is 1. The van der Waals surface area contributed by atoms with E-state index in [9.17, 15) is 4.79 Å². The van der Waals surface area contributed by atoms with Gasteiger partial charge < -0.3 is 10.6 Å². The van der Waals surface area contributed by atoms with Crippen LogP contribution in [0.4, 0.5) is 0 Å². The Balaban J connectivity index is 1.70. The van der Waals surface area contributed by atoms with E-state index in [4.69, 9.17) is 0 Å². The van der Waals surface area contributed by atoms with Gasteiger partial charge in [0, 0.05) is 33.7 Å². The van der Waals surface area contributed by atoms with E-state index in [1.54, 1.807) is 11.3 Å². The van der Waals surface area contributed by atoms with E-state index in [1.807, 2.05) is 0 Å². The van der Waals surface area contributed by atoms with Crippen molar-refractivity contribution < 1.29 is 4.79 Å². The molecule has 1 aliphatic heterocycles. The minimum atomic E-state index is 0.170. The minimum absolute atomic E-state index is 0.170. The highest BCUT2D eigenvalue weighted by atomic mass is 79.9. The normalized spacial score (nSPS) is 20.2. The van der Waals surface area contributed by atoms with Crippen molar-refractivity contribution >= 4 is 33.2 Å². The average Bonchev–Trinajstić information content (AvgIpc) is 2.74. The van der Waals surface area contributed by atoms with Crippen LogP contribution in [0.3, 0.4) is 0 Å². The van der Waals surface area contributed by atoms with Gasteiger partial charge in [0.25, 0.3) is 0 Å². The molecule has 2 N–H and O–H groups in total. The molecule has 1 aliphatic rings. The lowest BCUT2D eigenvalue weighted by atomic mass is 10.1. The maximum atomic E-state index is 11.7. The zero-order valence-electron chi connectivity index (χ0n) is 9.67. The number of thiophene rings is 1. The molecule has 5 heteroatoms. The monoisotopic (exact) mass is 316 g/mol. The first-order valence-electron chi connectivity index (χ1n) is 5.97. The van der Waals surface area contributed by atoms with Gasteiger partial charge in [-0.05, 0) is 47.8 Å². The van der Waals surface area contributed by atoms with Crippen molar-refractivity contribution in [3.8, 4) is 0 Å². The molecule has 1 unspecified atom stereocenters. The molecule has 2 heterocycles. The largest absolute Gasteiger partial charge is 0.352 e. The number of carbonyl (C=O) groups is 1. The van der Waals surface area contributed by atoms with Gasteiger partial charge >= 0.3 is 0 Å². The average molecular weight is 317 g/mol. The second kappa shape index (κ2) is 6.52. The highest BCUT2D eigenvalue weighted by Gasteiger charge is 2.15. The van der Waals surface area contributed by atoms with E-state index < -0.39 is 0 Å². The molecule has 1 amide bonds. The summed E-state index contributed by atoms with van der Waals surface area (Å²) in [4.78, 5) is 13.0. The Bertz CT molecular complexity index is 374. The van der Waals surface area contributed by atoms with Crippen molar-refractivity contribution in [3.63, 3.8) is 0 Å².